The Hall–Kier alpha value is -1.61. The fourth-order valence-electron chi connectivity index (χ4n) is 2.78. The van der Waals surface area contributed by atoms with Gasteiger partial charge in [0.1, 0.15) is 5.82 Å². The van der Waals surface area contributed by atoms with Crippen LogP contribution in [-0.2, 0) is 6.61 Å². The maximum absolute atomic E-state index is 9.38. The fraction of sp³-hybridized carbons (Fsp3) is 0.438. The molecule has 1 saturated heterocycles. The highest BCUT2D eigenvalue weighted by Gasteiger charge is 2.19. The summed E-state index contributed by atoms with van der Waals surface area (Å²) in [5, 5.41) is 11.7. The fourth-order valence-corrected chi connectivity index (χ4v) is 2.78. The standard InChI is InChI=1S/C16H20N2O/c1-12-6-8-18(9-7-12)16-15-5-3-2-4-13(15)10-14(11-19)17-16/h2-5,10,12,19H,6-9,11H2,1H3. The van der Waals surface area contributed by atoms with Gasteiger partial charge in [-0.2, -0.15) is 0 Å². The van der Waals surface area contributed by atoms with Crippen molar-refractivity contribution in [3.8, 4) is 0 Å². The number of aromatic nitrogens is 1. The predicted octanol–water partition coefficient (Wildman–Crippen LogP) is 2.96. The number of piperidine rings is 1. The number of nitrogens with zero attached hydrogens (tertiary/aromatic N) is 2. The van der Waals surface area contributed by atoms with Crippen molar-refractivity contribution in [1.82, 2.24) is 4.98 Å². The molecule has 2 heterocycles. The number of hydrogen-bond acceptors (Lipinski definition) is 3. The molecule has 1 aliphatic heterocycles. The monoisotopic (exact) mass is 256 g/mol. The van der Waals surface area contributed by atoms with E-state index in [2.05, 4.69) is 35.0 Å². The summed E-state index contributed by atoms with van der Waals surface area (Å²) in [4.78, 5) is 7.01. The molecule has 0 unspecified atom stereocenters. The van der Waals surface area contributed by atoms with E-state index in [4.69, 9.17) is 0 Å². The predicted molar refractivity (Wildman–Crippen MR) is 78.3 cm³/mol. The summed E-state index contributed by atoms with van der Waals surface area (Å²) in [6.45, 7) is 4.44. The third-order valence-electron chi connectivity index (χ3n) is 4.02. The zero-order valence-electron chi connectivity index (χ0n) is 11.3. The Labute approximate surface area is 113 Å². The molecule has 0 atom stereocenters. The minimum atomic E-state index is 0.00206. The Bertz CT molecular complexity index is 574. The zero-order valence-corrected chi connectivity index (χ0v) is 11.3. The normalized spacial score (nSPS) is 17.1. The molecule has 1 aromatic heterocycles. The molecule has 0 bridgehead atoms. The molecule has 3 nitrogen and oxygen atoms in total. The van der Waals surface area contributed by atoms with Crippen molar-refractivity contribution in [1.29, 1.82) is 0 Å². The molecule has 1 fully saturated rings. The van der Waals surface area contributed by atoms with Gasteiger partial charge in [0.15, 0.2) is 0 Å². The number of fused-ring (bicyclic) bond motifs is 1. The van der Waals surface area contributed by atoms with Crippen molar-refractivity contribution in [2.75, 3.05) is 18.0 Å². The van der Waals surface area contributed by atoms with Gasteiger partial charge in [-0.25, -0.2) is 4.98 Å². The number of aliphatic hydroxyl groups is 1. The van der Waals surface area contributed by atoms with Crippen LogP contribution in [0.4, 0.5) is 5.82 Å². The second kappa shape index (κ2) is 5.17. The van der Waals surface area contributed by atoms with Gasteiger partial charge >= 0.3 is 0 Å². The largest absolute Gasteiger partial charge is 0.390 e. The number of hydrogen-bond donors (Lipinski definition) is 1. The molecule has 0 spiro atoms. The quantitative estimate of drug-likeness (QED) is 0.897. The molecule has 1 aromatic carbocycles. The van der Waals surface area contributed by atoms with Crippen molar-refractivity contribution in [3.63, 3.8) is 0 Å². The molecule has 0 aliphatic carbocycles. The Kier molecular flexibility index (Phi) is 3.38. The number of pyridine rings is 1. The summed E-state index contributed by atoms with van der Waals surface area (Å²) in [5.41, 5.74) is 0.757. The second-order valence-corrected chi connectivity index (χ2v) is 5.49. The van der Waals surface area contributed by atoms with Gasteiger partial charge in [0.05, 0.1) is 12.3 Å². The Morgan fingerprint density at radius 3 is 2.74 bits per heavy atom. The molecular weight excluding hydrogens is 236 g/mol. The molecule has 19 heavy (non-hydrogen) atoms. The van der Waals surface area contributed by atoms with E-state index in [1.807, 2.05) is 12.1 Å². The highest BCUT2D eigenvalue weighted by atomic mass is 16.3. The van der Waals surface area contributed by atoms with Crippen LogP contribution < -0.4 is 4.90 Å². The molecule has 100 valence electrons. The van der Waals surface area contributed by atoms with E-state index in [9.17, 15) is 5.11 Å². The van der Waals surface area contributed by atoms with Gasteiger partial charge in [-0.1, -0.05) is 31.2 Å². The van der Waals surface area contributed by atoms with E-state index < -0.39 is 0 Å². The van der Waals surface area contributed by atoms with Crippen LogP contribution in [0.5, 0.6) is 0 Å². The third kappa shape index (κ3) is 2.43. The van der Waals surface area contributed by atoms with Gasteiger partial charge in [0, 0.05) is 18.5 Å². The molecule has 0 saturated carbocycles. The van der Waals surface area contributed by atoms with Crippen LogP contribution in [0.3, 0.4) is 0 Å². The van der Waals surface area contributed by atoms with Crippen molar-refractivity contribution < 1.29 is 5.11 Å². The third-order valence-corrected chi connectivity index (χ3v) is 4.02. The van der Waals surface area contributed by atoms with Gasteiger partial charge in [0.2, 0.25) is 0 Å². The van der Waals surface area contributed by atoms with E-state index in [0.29, 0.717) is 0 Å². The SMILES string of the molecule is CC1CCN(c2nc(CO)cc3ccccc23)CC1. The minimum absolute atomic E-state index is 0.00206. The maximum atomic E-state index is 9.38. The molecule has 0 radical (unpaired) electrons. The molecule has 2 aromatic rings. The lowest BCUT2D eigenvalue weighted by molar-refractivity contribution is 0.277. The van der Waals surface area contributed by atoms with Crippen LogP contribution in [0.1, 0.15) is 25.5 Å². The van der Waals surface area contributed by atoms with Crippen LogP contribution in [-0.4, -0.2) is 23.2 Å². The zero-order chi connectivity index (χ0) is 13.2. The van der Waals surface area contributed by atoms with Crippen molar-refractivity contribution in [2.24, 2.45) is 5.92 Å². The van der Waals surface area contributed by atoms with Crippen LogP contribution in [0.2, 0.25) is 0 Å². The highest BCUT2D eigenvalue weighted by molar-refractivity contribution is 5.92. The summed E-state index contributed by atoms with van der Waals surface area (Å²) in [6, 6.07) is 10.3. The Balaban J connectivity index is 2.05. The molecule has 0 amide bonds. The van der Waals surface area contributed by atoms with Gasteiger partial charge in [-0.15, -0.1) is 0 Å². The second-order valence-electron chi connectivity index (χ2n) is 5.49. The number of benzene rings is 1. The molecule has 3 heteroatoms. The topological polar surface area (TPSA) is 36.4 Å². The van der Waals surface area contributed by atoms with Gasteiger partial charge in [-0.3, -0.25) is 0 Å². The lowest BCUT2D eigenvalue weighted by atomic mass is 9.99. The average molecular weight is 256 g/mol. The van der Waals surface area contributed by atoms with Crippen LogP contribution in [0, 0.1) is 5.92 Å². The average Bonchev–Trinajstić information content (AvgIpc) is 2.47. The lowest BCUT2D eigenvalue weighted by Crippen LogP contribution is -2.33. The van der Waals surface area contributed by atoms with Crippen LogP contribution >= 0.6 is 0 Å². The van der Waals surface area contributed by atoms with E-state index in [1.165, 1.54) is 18.2 Å². The molecule has 1 N–H and O–H groups in total. The van der Waals surface area contributed by atoms with Crippen molar-refractivity contribution in [2.45, 2.75) is 26.4 Å². The van der Waals surface area contributed by atoms with Gasteiger partial charge in [0.25, 0.3) is 0 Å². The summed E-state index contributed by atoms with van der Waals surface area (Å²) >= 11 is 0. The maximum Gasteiger partial charge on any atom is 0.136 e. The van der Waals surface area contributed by atoms with E-state index in [-0.39, 0.29) is 6.61 Å². The first kappa shape index (κ1) is 12.4. The molecule has 3 rings (SSSR count). The van der Waals surface area contributed by atoms with Crippen molar-refractivity contribution in [3.05, 3.63) is 36.0 Å². The Morgan fingerprint density at radius 1 is 1.26 bits per heavy atom. The van der Waals surface area contributed by atoms with Gasteiger partial charge < -0.3 is 10.0 Å². The first-order valence-electron chi connectivity index (χ1n) is 7.02. The summed E-state index contributed by atoms with van der Waals surface area (Å²) < 4.78 is 0. The van der Waals surface area contributed by atoms with E-state index in [1.54, 1.807) is 0 Å². The van der Waals surface area contributed by atoms with Crippen LogP contribution in [0.25, 0.3) is 10.8 Å². The first-order valence-corrected chi connectivity index (χ1v) is 7.02. The van der Waals surface area contributed by atoms with E-state index in [0.717, 1.165) is 35.9 Å². The summed E-state index contributed by atoms with van der Waals surface area (Å²) in [5.74, 6) is 1.84. The van der Waals surface area contributed by atoms with Crippen LogP contribution in [0.15, 0.2) is 30.3 Å². The molecular formula is C16H20N2O. The smallest absolute Gasteiger partial charge is 0.136 e. The van der Waals surface area contributed by atoms with E-state index >= 15 is 0 Å². The highest BCUT2D eigenvalue weighted by Crippen LogP contribution is 2.29. The van der Waals surface area contributed by atoms with Gasteiger partial charge in [-0.05, 0) is 30.2 Å². The molecule has 1 aliphatic rings. The lowest BCUT2D eigenvalue weighted by Gasteiger charge is -2.32. The number of rotatable bonds is 2. The number of anilines is 1. The number of aliphatic hydroxyl groups excluding tert-OH is 1. The summed E-state index contributed by atoms with van der Waals surface area (Å²) in [7, 11) is 0. The summed E-state index contributed by atoms with van der Waals surface area (Å²) in [6.07, 6.45) is 2.44. The Morgan fingerprint density at radius 2 is 2.00 bits per heavy atom. The minimum Gasteiger partial charge on any atom is -0.390 e. The first-order chi connectivity index (χ1) is 9.28. The van der Waals surface area contributed by atoms with Crippen molar-refractivity contribution >= 4 is 16.6 Å².